The molecule has 8 nitrogen and oxygen atoms in total. The van der Waals surface area contributed by atoms with Crippen molar-refractivity contribution in [3.05, 3.63) is 46.1 Å². The minimum atomic E-state index is -0.780. The second kappa shape index (κ2) is 6.99. The van der Waals surface area contributed by atoms with Gasteiger partial charge in [0.05, 0.1) is 0 Å². The summed E-state index contributed by atoms with van der Waals surface area (Å²) in [6, 6.07) is 6.67. The maximum atomic E-state index is 12.3. The molecule has 2 heterocycles. The molecule has 3 aromatic rings. The zero-order chi connectivity index (χ0) is 18.8. The fraction of sp³-hybridized carbons (Fsp3) is 0.333. The molecule has 0 saturated carbocycles. The number of ether oxygens (including phenoxy) is 1. The summed E-state index contributed by atoms with van der Waals surface area (Å²) in [5.74, 6) is 0.967. The van der Waals surface area contributed by atoms with Crippen molar-refractivity contribution in [1.29, 1.82) is 0 Å². The summed E-state index contributed by atoms with van der Waals surface area (Å²) >= 11 is 0. The van der Waals surface area contributed by atoms with Gasteiger partial charge >= 0.3 is 5.63 Å². The van der Waals surface area contributed by atoms with Crippen LogP contribution in [0.1, 0.15) is 25.2 Å². The van der Waals surface area contributed by atoms with Crippen molar-refractivity contribution < 1.29 is 13.9 Å². The van der Waals surface area contributed by atoms with Crippen LogP contribution < -0.4 is 15.7 Å². The molecule has 0 radical (unpaired) electrons. The maximum Gasteiger partial charge on any atom is 0.336 e. The standard InChI is InChI=1S/C18H20N4O4/c1-5-12-8-16(23)26-15-9-13(6-7-14(12)15)25-10(2)17(24)20-18-19-11(3)22(4)21-18/h6-10H,5H2,1-4H3,(H,20,21,24). The summed E-state index contributed by atoms with van der Waals surface area (Å²) < 4.78 is 12.5. The lowest BCUT2D eigenvalue weighted by atomic mass is 10.1. The van der Waals surface area contributed by atoms with Crippen molar-refractivity contribution in [3.8, 4) is 5.75 Å². The van der Waals surface area contributed by atoms with Gasteiger partial charge in [0.15, 0.2) is 6.10 Å². The van der Waals surface area contributed by atoms with Crippen LogP contribution in [0.15, 0.2) is 33.5 Å². The number of carbonyl (C=O) groups excluding carboxylic acids is 1. The quantitative estimate of drug-likeness (QED) is 0.704. The lowest BCUT2D eigenvalue weighted by Gasteiger charge is -2.14. The Hall–Kier alpha value is -3.16. The first kappa shape index (κ1) is 17.7. The second-order valence-corrected chi connectivity index (χ2v) is 5.96. The van der Waals surface area contributed by atoms with Crippen molar-refractivity contribution in [2.45, 2.75) is 33.3 Å². The smallest absolute Gasteiger partial charge is 0.336 e. The number of amides is 1. The van der Waals surface area contributed by atoms with E-state index < -0.39 is 11.7 Å². The SMILES string of the molecule is CCc1cc(=O)oc2cc(OC(C)C(=O)Nc3nc(C)n(C)n3)ccc12. The number of aromatic nitrogens is 3. The summed E-state index contributed by atoms with van der Waals surface area (Å²) in [4.78, 5) is 28.0. The Labute approximate surface area is 149 Å². The van der Waals surface area contributed by atoms with E-state index in [0.717, 1.165) is 17.4 Å². The van der Waals surface area contributed by atoms with E-state index in [9.17, 15) is 9.59 Å². The molecule has 1 unspecified atom stereocenters. The molecule has 136 valence electrons. The number of anilines is 1. The predicted molar refractivity (Wildman–Crippen MR) is 96.3 cm³/mol. The Morgan fingerprint density at radius 1 is 1.38 bits per heavy atom. The molecule has 0 spiro atoms. The van der Waals surface area contributed by atoms with Gasteiger partial charge in [-0.3, -0.25) is 14.8 Å². The topological polar surface area (TPSA) is 99.2 Å². The number of rotatable bonds is 5. The first-order valence-electron chi connectivity index (χ1n) is 8.29. The molecule has 0 aliphatic heterocycles. The molecule has 26 heavy (non-hydrogen) atoms. The minimum absolute atomic E-state index is 0.225. The monoisotopic (exact) mass is 356 g/mol. The van der Waals surface area contributed by atoms with Crippen molar-refractivity contribution in [2.24, 2.45) is 7.05 Å². The number of benzene rings is 1. The van der Waals surface area contributed by atoms with E-state index in [2.05, 4.69) is 15.4 Å². The molecule has 1 aromatic carbocycles. The number of nitrogens with one attached hydrogen (secondary N) is 1. The molecule has 0 fully saturated rings. The van der Waals surface area contributed by atoms with Crippen LogP contribution in [0.3, 0.4) is 0 Å². The third-order valence-electron chi connectivity index (χ3n) is 4.08. The van der Waals surface area contributed by atoms with E-state index in [1.54, 1.807) is 37.7 Å². The number of nitrogens with zero attached hydrogens (tertiary/aromatic N) is 3. The number of aryl methyl sites for hydroxylation is 3. The largest absolute Gasteiger partial charge is 0.481 e. The van der Waals surface area contributed by atoms with Gasteiger partial charge in [0.1, 0.15) is 17.2 Å². The van der Waals surface area contributed by atoms with Gasteiger partial charge in [-0.05, 0) is 38.0 Å². The molecule has 1 N–H and O–H groups in total. The molecule has 1 amide bonds. The normalized spacial score (nSPS) is 12.2. The zero-order valence-corrected chi connectivity index (χ0v) is 15.1. The second-order valence-electron chi connectivity index (χ2n) is 5.96. The molecule has 2 aromatic heterocycles. The third kappa shape index (κ3) is 3.58. The number of hydrogen-bond donors (Lipinski definition) is 1. The number of carbonyl (C=O) groups is 1. The Morgan fingerprint density at radius 2 is 2.15 bits per heavy atom. The van der Waals surface area contributed by atoms with Crippen molar-refractivity contribution in [2.75, 3.05) is 5.32 Å². The summed E-state index contributed by atoms with van der Waals surface area (Å²) in [7, 11) is 1.74. The first-order valence-corrected chi connectivity index (χ1v) is 8.29. The molecule has 0 aliphatic carbocycles. The first-order chi connectivity index (χ1) is 12.4. The molecule has 3 rings (SSSR count). The van der Waals surface area contributed by atoms with Crippen molar-refractivity contribution in [1.82, 2.24) is 14.8 Å². The van der Waals surface area contributed by atoms with Crippen LogP contribution in [0.5, 0.6) is 5.75 Å². The molecule has 1 atom stereocenters. The lowest BCUT2D eigenvalue weighted by Crippen LogP contribution is -2.30. The van der Waals surface area contributed by atoms with Gasteiger partial charge in [-0.2, -0.15) is 4.98 Å². The maximum absolute atomic E-state index is 12.3. The van der Waals surface area contributed by atoms with Crippen LogP contribution in [0, 0.1) is 6.92 Å². The minimum Gasteiger partial charge on any atom is -0.481 e. The predicted octanol–water partition coefficient (Wildman–Crippen LogP) is 2.20. The highest BCUT2D eigenvalue weighted by Gasteiger charge is 2.18. The van der Waals surface area contributed by atoms with Crippen molar-refractivity contribution >= 4 is 22.8 Å². The van der Waals surface area contributed by atoms with Gasteiger partial charge in [-0.1, -0.05) is 6.92 Å². The van der Waals surface area contributed by atoms with Crippen molar-refractivity contribution in [3.63, 3.8) is 0 Å². The highest BCUT2D eigenvalue weighted by Crippen LogP contribution is 2.23. The molecular formula is C18H20N4O4. The van der Waals surface area contributed by atoms with Crippen LogP contribution in [0.2, 0.25) is 0 Å². The summed E-state index contributed by atoms with van der Waals surface area (Å²) in [5.41, 5.74) is 0.931. The Balaban J connectivity index is 1.77. The van der Waals surface area contributed by atoms with E-state index in [1.807, 2.05) is 13.0 Å². The Morgan fingerprint density at radius 3 is 2.81 bits per heavy atom. The van der Waals surface area contributed by atoms with Crippen LogP contribution >= 0.6 is 0 Å². The number of fused-ring (bicyclic) bond motifs is 1. The summed E-state index contributed by atoms with van der Waals surface area (Å²) in [6.07, 6.45) is -0.0601. The van der Waals surface area contributed by atoms with Crippen LogP contribution in [-0.2, 0) is 18.3 Å². The third-order valence-corrected chi connectivity index (χ3v) is 4.08. The van der Waals surface area contributed by atoms with Gasteiger partial charge in [-0.15, -0.1) is 5.10 Å². The fourth-order valence-electron chi connectivity index (χ4n) is 2.56. The van der Waals surface area contributed by atoms with Crippen LogP contribution in [-0.4, -0.2) is 26.8 Å². The van der Waals surface area contributed by atoms with Crippen LogP contribution in [0.25, 0.3) is 11.0 Å². The Bertz CT molecular complexity index is 1000. The zero-order valence-electron chi connectivity index (χ0n) is 15.1. The highest BCUT2D eigenvalue weighted by molar-refractivity contribution is 5.92. The molecule has 0 saturated heterocycles. The molecule has 0 aliphatic rings. The molecular weight excluding hydrogens is 336 g/mol. The van der Waals surface area contributed by atoms with Gasteiger partial charge in [0.25, 0.3) is 5.91 Å². The summed E-state index contributed by atoms with van der Waals surface area (Å²) in [5, 5.41) is 7.54. The van der Waals surface area contributed by atoms with E-state index in [0.29, 0.717) is 17.2 Å². The summed E-state index contributed by atoms with van der Waals surface area (Å²) in [6.45, 7) is 5.38. The Kier molecular flexibility index (Phi) is 4.75. The average molecular weight is 356 g/mol. The van der Waals surface area contributed by atoms with Crippen LogP contribution in [0.4, 0.5) is 5.95 Å². The molecule has 0 bridgehead atoms. The average Bonchev–Trinajstić information content (AvgIpc) is 2.91. The number of hydrogen-bond acceptors (Lipinski definition) is 6. The fourth-order valence-corrected chi connectivity index (χ4v) is 2.56. The van der Waals surface area contributed by atoms with E-state index in [4.69, 9.17) is 9.15 Å². The molecule has 8 heteroatoms. The highest BCUT2D eigenvalue weighted by atomic mass is 16.5. The lowest BCUT2D eigenvalue weighted by molar-refractivity contribution is -0.122. The van der Waals surface area contributed by atoms with E-state index >= 15 is 0 Å². The van der Waals surface area contributed by atoms with Gasteiger partial charge in [0, 0.05) is 24.6 Å². The van der Waals surface area contributed by atoms with E-state index in [-0.39, 0.29) is 11.9 Å². The van der Waals surface area contributed by atoms with Gasteiger partial charge in [-0.25, -0.2) is 4.79 Å². The van der Waals surface area contributed by atoms with Gasteiger partial charge in [0.2, 0.25) is 5.95 Å². The van der Waals surface area contributed by atoms with Gasteiger partial charge < -0.3 is 9.15 Å². The van der Waals surface area contributed by atoms with E-state index in [1.165, 1.54) is 6.07 Å².